The molecule has 2 aromatic carbocycles. The molecule has 0 aliphatic rings. The van der Waals surface area contributed by atoms with E-state index in [0.29, 0.717) is 27.2 Å². The zero-order valence-electron chi connectivity index (χ0n) is 14.2. The third-order valence-corrected chi connectivity index (χ3v) is 3.95. The molecule has 0 unspecified atom stereocenters. The first-order chi connectivity index (χ1) is 12.0. The summed E-state index contributed by atoms with van der Waals surface area (Å²) >= 11 is 6.10. The maximum atomic E-state index is 12.6. The van der Waals surface area contributed by atoms with Crippen molar-refractivity contribution < 1.29 is 14.3 Å². The van der Waals surface area contributed by atoms with Crippen molar-refractivity contribution in [3.8, 4) is 17.0 Å². The van der Waals surface area contributed by atoms with Crippen molar-refractivity contribution in [1.82, 2.24) is 4.98 Å². The average Bonchev–Trinajstić information content (AvgIpc) is 2.60. The van der Waals surface area contributed by atoms with E-state index in [1.165, 1.54) is 0 Å². The zero-order chi connectivity index (χ0) is 18.0. The van der Waals surface area contributed by atoms with Crippen LogP contribution in [-0.4, -0.2) is 24.2 Å². The predicted molar refractivity (Wildman–Crippen MR) is 99.3 cm³/mol. The van der Waals surface area contributed by atoms with Crippen molar-refractivity contribution in [1.29, 1.82) is 0 Å². The maximum Gasteiger partial charge on any atom is 0.339 e. The standard InChI is InChI=1S/C20H18ClNO3/c1-12(2)25-20(23)17-11-19(13-4-7-15(24-3)8-5-13)22-18-9-6-14(21)10-16(17)18/h4-12H,1-3H3. The minimum Gasteiger partial charge on any atom is -0.497 e. The molecule has 5 heteroatoms. The number of nitrogens with zero attached hydrogens (tertiary/aromatic N) is 1. The number of aromatic nitrogens is 1. The second-order valence-electron chi connectivity index (χ2n) is 5.90. The van der Waals surface area contributed by atoms with Gasteiger partial charge in [0.15, 0.2) is 0 Å². The molecule has 0 saturated heterocycles. The Hall–Kier alpha value is -2.59. The molecule has 0 aliphatic heterocycles. The molecule has 0 atom stereocenters. The zero-order valence-corrected chi connectivity index (χ0v) is 15.0. The highest BCUT2D eigenvalue weighted by atomic mass is 35.5. The van der Waals surface area contributed by atoms with Crippen molar-refractivity contribution in [2.24, 2.45) is 0 Å². The van der Waals surface area contributed by atoms with Gasteiger partial charge in [0.25, 0.3) is 0 Å². The van der Waals surface area contributed by atoms with Crippen LogP contribution in [0.1, 0.15) is 24.2 Å². The summed E-state index contributed by atoms with van der Waals surface area (Å²) in [5, 5.41) is 1.22. The highest BCUT2D eigenvalue weighted by molar-refractivity contribution is 6.31. The summed E-state index contributed by atoms with van der Waals surface area (Å²) in [6.45, 7) is 3.64. The number of ether oxygens (including phenoxy) is 2. The number of fused-ring (bicyclic) bond motifs is 1. The van der Waals surface area contributed by atoms with Crippen LogP contribution < -0.4 is 4.74 Å². The molecular weight excluding hydrogens is 338 g/mol. The summed E-state index contributed by atoms with van der Waals surface area (Å²) in [7, 11) is 1.62. The topological polar surface area (TPSA) is 48.4 Å². The van der Waals surface area contributed by atoms with Gasteiger partial charge in [-0.3, -0.25) is 0 Å². The summed E-state index contributed by atoms with van der Waals surface area (Å²) in [6.07, 6.45) is -0.209. The highest BCUT2D eigenvalue weighted by Crippen LogP contribution is 2.28. The maximum absolute atomic E-state index is 12.6. The van der Waals surface area contributed by atoms with Crippen LogP contribution in [0.2, 0.25) is 5.02 Å². The minimum atomic E-state index is -0.389. The summed E-state index contributed by atoms with van der Waals surface area (Å²) in [5.41, 5.74) is 2.71. The normalized spacial score (nSPS) is 10.9. The molecule has 3 rings (SSSR count). The van der Waals surface area contributed by atoms with Crippen molar-refractivity contribution in [2.75, 3.05) is 7.11 Å². The van der Waals surface area contributed by atoms with Crippen molar-refractivity contribution in [3.05, 3.63) is 59.1 Å². The predicted octanol–water partition coefficient (Wildman–Crippen LogP) is 5.13. The fraction of sp³-hybridized carbons (Fsp3) is 0.200. The van der Waals surface area contributed by atoms with E-state index in [2.05, 4.69) is 4.98 Å². The Morgan fingerprint density at radius 2 is 1.80 bits per heavy atom. The molecule has 4 nitrogen and oxygen atoms in total. The highest BCUT2D eigenvalue weighted by Gasteiger charge is 2.17. The molecule has 0 amide bonds. The van der Waals surface area contributed by atoms with Crippen LogP contribution in [0.4, 0.5) is 0 Å². The van der Waals surface area contributed by atoms with Gasteiger partial charge in [0.2, 0.25) is 0 Å². The van der Waals surface area contributed by atoms with Gasteiger partial charge in [-0.2, -0.15) is 0 Å². The lowest BCUT2D eigenvalue weighted by Gasteiger charge is -2.12. The van der Waals surface area contributed by atoms with E-state index in [1.54, 1.807) is 31.4 Å². The number of esters is 1. The molecule has 0 fully saturated rings. The first kappa shape index (κ1) is 17.2. The molecule has 1 heterocycles. The van der Waals surface area contributed by atoms with Crippen LogP contribution in [0.3, 0.4) is 0 Å². The molecule has 3 aromatic rings. The van der Waals surface area contributed by atoms with Crippen LogP contribution in [-0.2, 0) is 4.74 Å². The Labute approximate surface area is 151 Å². The van der Waals surface area contributed by atoms with Gasteiger partial charge >= 0.3 is 5.97 Å². The number of pyridine rings is 1. The number of benzene rings is 2. The number of halogens is 1. The van der Waals surface area contributed by atoms with E-state index < -0.39 is 0 Å². The number of hydrogen-bond acceptors (Lipinski definition) is 4. The van der Waals surface area contributed by atoms with Crippen molar-refractivity contribution in [3.63, 3.8) is 0 Å². The summed E-state index contributed by atoms with van der Waals surface area (Å²) < 4.78 is 10.6. The summed E-state index contributed by atoms with van der Waals surface area (Å²) in [4.78, 5) is 17.2. The number of carbonyl (C=O) groups is 1. The second kappa shape index (κ2) is 7.11. The van der Waals surface area contributed by atoms with Crippen molar-refractivity contribution >= 4 is 28.5 Å². The average molecular weight is 356 g/mol. The molecule has 0 bridgehead atoms. The van der Waals surface area contributed by atoms with Gasteiger partial charge < -0.3 is 9.47 Å². The molecule has 0 spiro atoms. The van der Waals surface area contributed by atoms with Crippen LogP contribution in [0.5, 0.6) is 5.75 Å². The molecule has 0 saturated carbocycles. The van der Waals surface area contributed by atoms with Crippen LogP contribution >= 0.6 is 11.6 Å². The van der Waals surface area contributed by atoms with E-state index in [9.17, 15) is 4.79 Å². The molecule has 1 aromatic heterocycles. The van der Waals surface area contributed by atoms with Gasteiger partial charge in [0, 0.05) is 16.0 Å². The minimum absolute atomic E-state index is 0.209. The number of rotatable bonds is 4. The van der Waals surface area contributed by atoms with Gasteiger partial charge in [0.1, 0.15) is 5.75 Å². The van der Waals surface area contributed by atoms with Crippen LogP contribution in [0, 0.1) is 0 Å². The molecule has 128 valence electrons. The van der Waals surface area contributed by atoms with Gasteiger partial charge in [-0.05, 0) is 62.4 Å². The Morgan fingerprint density at radius 1 is 1.08 bits per heavy atom. The third-order valence-electron chi connectivity index (χ3n) is 3.72. The number of carbonyl (C=O) groups excluding carboxylic acids is 1. The SMILES string of the molecule is COc1ccc(-c2cc(C(=O)OC(C)C)c3cc(Cl)ccc3n2)cc1. The van der Waals surface area contributed by atoms with E-state index in [0.717, 1.165) is 11.3 Å². The Morgan fingerprint density at radius 3 is 2.44 bits per heavy atom. The van der Waals surface area contributed by atoms with E-state index >= 15 is 0 Å². The lowest BCUT2D eigenvalue weighted by Crippen LogP contribution is -2.12. The molecule has 0 aliphatic carbocycles. The molecular formula is C20H18ClNO3. The van der Waals surface area contributed by atoms with Gasteiger partial charge in [0.05, 0.1) is 30.0 Å². The Kier molecular flexibility index (Phi) is 4.91. The Bertz CT molecular complexity index is 920. The number of hydrogen-bond donors (Lipinski definition) is 0. The second-order valence-corrected chi connectivity index (χ2v) is 6.34. The van der Waals surface area contributed by atoms with E-state index in [1.807, 2.05) is 38.1 Å². The first-order valence-corrected chi connectivity index (χ1v) is 8.31. The van der Waals surface area contributed by atoms with Crippen LogP contribution in [0.15, 0.2) is 48.5 Å². The van der Waals surface area contributed by atoms with E-state index in [-0.39, 0.29) is 12.1 Å². The van der Waals surface area contributed by atoms with E-state index in [4.69, 9.17) is 21.1 Å². The summed E-state index contributed by atoms with van der Waals surface area (Å²) in [5.74, 6) is 0.371. The molecule has 0 radical (unpaired) electrons. The Balaban J connectivity index is 2.16. The quantitative estimate of drug-likeness (QED) is 0.609. The van der Waals surface area contributed by atoms with Gasteiger partial charge in [-0.15, -0.1) is 0 Å². The summed E-state index contributed by atoms with van der Waals surface area (Å²) in [6, 6.07) is 14.6. The fourth-order valence-corrected chi connectivity index (χ4v) is 2.73. The fourth-order valence-electron chi connectivity index (χ4n) is 2.55. The van der Waals surface area contributed by atoms with Crippen LogP contribution in [0.25, 0.3) is 22.2 Å². The largest absolute Gasteiger partial charge is 0.497 e. The lowest BCUT2D eigenvalue weighted by molar-refractivity contribution is 0.0380. The molecule has 0 N–H and O–H groups in total. The lowest BCUT2D eigenvalue weighted by atomic mass is 10.0. The number of methoxy groups -OCH3 is 1. The monoisotopic (exact) mass is 355 g/mol. The smallest absolute Gasteiger partial charge is 0.339 e. The van der Waals surface area contributed by atoms with Crippen molar-refractivity contribution in [2.45, 2.75) is 20.0 Å². The van der Waals surface area contributed by atoms with Gasteiger partial charge in [-0.1, -0.05) is 11.6 Å². The van der Waals surface area contributed by atoms with Gasteiger partial charge in [-0.25, -0.2) is 9.78 Å². The third kappa shape index (κ3) is 3.74. The first-order valence-electron chi connectivity index (χ1n) is 7.93. The molecule has 25 heavy (non-hydrogen) atoms.